The van der Waals surface area contributed by atoms with Gasteiger partial charge < -0.3 is 14.5 Å². The van der Waals surface area contributed by atoms with E-state index >= 15 is 0 Å². The highest BCUT2D eigenvalue weighted by atomic mass is 32.1. The largest absolute Gasteiger partial charge is 0.460 e. The zero-order valence-electron chi connectivity index (χ0n) is 10.3. The average molecular weight is 279 g/mol. The van der Waals surface area contributed by atoms with Crippen LogP contribution in [0.3, 0.4) is 0 Å². The third kappa shape index (κ3) is 3.45. The second kappa shape index (κ2) is 6.19. The number of ether oxygens (including phenoxy) is 1. The van der Waals surface area contributed by atoms with E-state index in [9.17, 15) is 9.59 Å². The van der Waals surface area contributed by atoms with Crippen molar-refractivity contribution in [2.45, 2.75) is 13.5 Å². The number of rotatable bonds is 5. The molecule has 100 valence electrons. The van der Waals surface area contributed by atoms with Crippen LogP contribution < -0.4 is 5.32 Å². The van der Waals surface area contributed by atoms with Crippen molar-refractivity contribution in [2.24, 2.45) is 0 Å². The molecule has 0 bridgehead atoms. The van der Waals surface area contributed by atoms with Gasteiger partial charge in [0, 0.05) is 10.9 Å². The Morgan fingerprint density at radius 2 is 2.21 bits per heavy atom. The van der Waals surface area contributed by atoms with Gasteiger partial charge in [0.1, 0.15) is 5.76 Å². The number of nitrogens with one attached hydrogen (secondary N) is 1. The lowest BCUT2D eigenvalue weighted by molar-refractivity contribution is 0.0488. The maximum absolute atomic E-state index is 11.7. The summed E-state index contributed by atoms with van der Waals surface area (Å²) in [5.41, 5.74) is 0.613. The number of hydrogen-bond donors (Lipinski definition) is 1. The lowest BCUT2D eigenvalue weighted by Crippen LogP contribution is -2.21. The zero-order valence-corrected chi connectivity index (χ0v) is 11.2. The van der Waals surface area contributed by atoms with Crippen LogP contribution in [0, 0.1) is 0 Å². The summed E-state index contributed by atoms with van der Waals surface area (Å²) in [6.07, 6.45) is 0. The minimum atomic E-state index is -0.502. The van der Waals surface area contributed by atoms with Crippen LogP contribution in [0.1, 0.15) is 33.6 Å². The van der Waals surface area contributed by atoms with E-state index in [-0.39, 0.29) is 18.2 Å². The number of carbonyl (C=O) groups excluding carboxylic acids is 2. The average Bonchev–Trinajstić information content (AvgIpc) is 3.07. The van der Waals surface area contributed by atoms with Crippen LogP contribution >= 0.6 is 11.3 Å². The van der Waals surface area contributed by atoms with E-state index in [4.69, 9.17) is 9.15 Å². The Labute approximate surface area is 114 Å². The lowest BCUT2D eigenvalue weighted by atomic mass is 10.3. The highest BCUT2D eigenvalue weighted by molar-refractivity contribution is 7.08. The van der Waals surface area contributed by atoms with Crippen LogP contribution in [-0.2, 0) is 11.3 Å². The molecule has 0 aliphatic heterocycles. The molecule has 1 N–H and O–H groups in total. The second-order valence-corrected chi connectivity index (χ2v) is 4.46. The fraction of sp³-hybridized carbons (Fsp3) is 0.231. The first-order valence-electron chi connectivity index (χ1n) is 5.77. The van der Waals surface area contributed by atoms with E-state index in [1.807, 2.05) is 5.38 Å². The first kappa shape index (κ1) is 13.4. The number of furan rings is 1. The molecule has 0 unspecified atom stereocenters. The van der Waals surface area contributed by atoms with Gasteiger partial charge in [0.2, 0.25) is 5.76 Å². The molecule has 2 heterocycles. The van der Waals surface area contributed by atoms with Crippen LogP contribution in [0.25, 0.3) is 0 Å². The predicted octanol–water partition coefficient (Wildman–Crippen LogP) is 2.45. The lowest BCUT2D eigenvalue weighted by Gasteiger charge is -2.01. The maximum Gasteiger partial charge on any atom is 0.374 e. The second-order valence-electron chi connectivity index (χ2n) is 3.68. The predicted molar refractivity (Wildman–Crippen MR) is 70.2 cm³/mol. The van der Waals surface area contributed by atoms with Crippen molar-refractivity contribution in [1.82, 2.24) is 5.32 Å². The number of thiophene rings is 1. The van der Waals surface area contributed by atoms with Gasteiger partial charge in [0.05, 0.1) is 13.2 Å². The van der Waals surface area contributed by atoms with Gasteiger partial charge in [0.15, 0.2) is 0 Å². The maximum atomic E-state index is 11.7. The monoisotopic (exact) mass is 279 g/mol. The van der Waals surface area contributed by atoms with Crippen LogP contribution in [0.2, 0.25) is 0 Å². The SMILES string of the molecule is CCOC(=O)c1ccc(CNC(=O)c2ccsc2)o1. The van der Waals surface area contributed by atoms with Crippen molar-refractivity contribution in [3.05, 3.63) is 46.0 Å². The summed E-state index contributed by atoms with van der Waals surface area (Å²) in [6.45, 7) is 2.25. The smallest absolute Gasteiger partial charge is 0.374 e. The van der Waals surface area contributed by atoms with Gasteiger partial charge in [-0.1, -0.05) is 0 Å². The van der Waals surface area contributed by atoms with Gasteiger partial charge >= 0.3 is 5.97 Å². The van der Waals surface area contributed by atoms with Gasteiger partial charge in [-0.3, -0.25) is 4.79 Å². The first-order valence-corrected chi connectivity index (χ1v) is 6.71. The van der Waals surface area contributed by atoms with Crippen molar-refractivity contribution in [3.8, 4) is 0 Å². The fourth-order valence-electron chi connectivity index (χ4n) is 1.45. The molecule has 5 nitrogen and oxygen atoms in total. The summed E-state index contributed by atoms with van der Waals surface area (Å²) in [4.78, 5) is 23.1. The fourth-order valence-corrected chi connectivity index (χ4v) is 2.08. The molecule has 2 aromatic heterocycles. The standard InChI is InChI=1S/C13H13NO4S/c1-2-17-13(16)11-4-3-10(18-11)7-14-12(15)9-5-6-19-8-9/h3-6,8H,2,7H2,1H3,(H,14,15). The first-order chi connectivity index (χ1) is 9.20. The molecule has 0 saturated heterocycles. The van der Waals surface area contributed by atoms with Gasteiger partial charge in [0.25, 0.3) is 5.91 Å². The van der Waals surface area contributed by atoms with E-state index in [2.05, 4.69) is 5.32 Å². The molecule has 0 atom stereocenters. The molecular weight excluding hydrogens is 266 g/mol. The topological polar surface area (TPSA) is 68.5 Å². The molecule has 0 aliphatic carbocycles. The zero-order chi connectivity index (χ0) is 13.7. The Balaban J connectivity index is 1.90. The van der Waals surface area contributed by atoms with Gasteiger partial charge in [-0.15, -0.1) is 0 Å². The third-order valence-corrected chi connectivity index (χ3v) is 3.03. The molecule has 0 radical (unpaired) electrons. The molecule has 0 aromatic carbocycles. The summed E-state index contributed by atoms with van der Waals surface area (Å²) in [5, 5.41) is 6.31. The summed E-state index contributed by atoms with van der Waals surface area (Å²) in [6, 6.07) is 4.91. The minimum Gasteiger partial charge on any atom is -0.460 e. The van der Waals surface area contributed by atoms with Crippen LogP contribution in [-0.4, -0.2) is 18.5 Å². The van der Waals surface area contributed by atoms with Crippen LogP contribution in [0.5, 0.6) is 0 Å². The number of esters is 1. The summed E-state index contributed by atoms with van der Waals surface area (Å²) < 4.78 is 10.1. The number of hydrogen-bond acceptors (Lipinski definition) is 5. The minimum absolute atomic E-state index is 0.140. The van der Waals surface area contributed by atoms with Crippen molar-refractivity contribution in [2.75, 3.05) is 6.61 Å². The number of amides is 1. The molecule has 0 spiro atoms. The normalized spacial score (nSPS) is 10.2. The molecule has 0 saturated carbocycles. The molecule has 0 aliphatic rings. The summed E-state index contributed by atoms with van der Waals surface area (Å²) >= 11 is 1.46. The van der Waals surface area contributed by atoms with E-state index in [0.717, 1.165) is 0 Å². The highest BCUT2D eigenvalue weighted by Gasteiger charge is 2.12. The van der Waals surface area contributed by atoms with Crippen molar-refractivity contribution in [1.29, 1.82) is 0 Å². The van der Waals surface area contributed by atoms with E-state index in [1.54, 1.807) is 24.4 Å². The van der Waals surface area contributed by atoms with Crippen LogP contribution in [0.15, 0.2) is 33.4 Å². The third-order valence-electron chi connectivity index (χ3n) is 2.34. The molecule has 0 fully saturated rings. The van der Waals surface area contributed by atoms with E-state index in [0.29, 0.717) is 17.9 Å². The Morgan fingerprint density at radius 1 is 1.37 bits per heavy atom. The quantitative estimate of drug-likeness (QED) is 0.854. The van der Waals surface area contributed by atoms with Crippen molar-refractivity contribution < 1.29 is 18.7 Å². The van der Waals surface area contributed by atoms with Crippen LogP contribution in [0.4, 0.5) is 0 Å². The van der Waals surface area contributed by atoms with Crippen molar-refractivity contribution in [3.63, 3.8) is 0 Å². The molecule has 19 heavy (non-hydrogen) atoms. The Kier molecular flexibility index (Phi) is 4.35. The van der Waals surface area contributed by atoms with Gasteiger partial charge in [-0.05, 0) is 30.5 Å². The molecular formula is C13H13NO4S. The number of carbonyl (C=O) groups is 2. The Hall–Kier alpha value is -2.08. The molecule has 1 amide bonds. The van der Waals surface area contributed by atoms with E-state index < -0.39 is 5.97 Å². The molecule has 2 aromatic rings. The van der Waals surface area contributed by atoms with Crippen molar-refractivity contribution >= 4 is 23.2 Å². The highest BCUT2D eigenvalue weighted by Crippen LogP contribution is 2.10. The summed E-state index contributed by atoms with van der Waals surface area (Å²) in [5.74, 6) is -0.0264. The van der Waals surface area contributed by atoms with Gasteiger partial charge in [-0.25, -0.2) is 4.79 Å². The van der Waals surface area contributed by atoms with Gasteiger partial charge in [-0.2, -0.15) is 11.3 Å². The molecule has 6 heteroatoms. The Bertz CT molecular complexity index is 559. The molecule has 2 rings (SSSR count). The van der Waals surface area contributed by atoms with E-state index in [1.165, 1.54) is 17.4 Å². The summed E-state index contributed by atoms with van der Waals surface area (Å²) in [7, 11) is 0. The Morgan fingerprint density at radius 3 is 2.89 bits per heavy atom.